The predicted molar refractivity (Wildman–Crippen MR) is 62.1 cm³/mol. The van der Waals surface area contributed by atoms with E-state index in [0.717, 1.165) is 12.1 Å². The fraction of sp³-hybridized carbons (Fsp3) is 0.538. The third kappa shape index (κ3) is 2.67. The summed E-state index contributed by atoms with van der Waals surface area (Å²) in [5.74, 6) is 0. The molecule has 1 aliphatic rings. The molecule has 1 aromatic carbocycles. The van der Waals surface area contributed by atoms with Crippen molar-refractivity contribution in [2.45, 2.75) is 24.6 Å². The molecule has 100 valence electrons. The molecule has 1 saturated heterocycles. The van der Waals surface area contributed by atoms with Crippen LogP contribution in [0.3, 0.4) is 0 Å². The number of rotatable bonds is 1. The maximum absolute atomic E-state index is 12.6. The number of piperidine rings is 1. The molecular weight excluding hydrogens is 243 g/mol. The second-order valence-electron chi connectivity index (χ2n) is 4.91. The zero-order chi connectivity index (χ0) is 13.4. The Kier molecular flexibility index (Phi) is 3.38. The van der Waals surface area contributed by atoms with Crippen LogP contribution in [-0.2, 0) is 11.8 Å². The van der Waals surface area contributed by atoms with Crippen LogP contribution in [0.4, 0.5) is 13.2 Å². The molecule has 0 bridgehead atoms. The Labute approximate surface area is 104 Å². The first-order valence-corrected chi connectivity index (χ1v) is 5.90. The van der Waals surface area contributed by atoms with Gasteiger partial charge in [-0.25, -0.2) is 0 Å². The van der Waals surface area contributed by atoms with E-state index in [0.29, 0.717) is 31.5 Å². The minimum Gasteiger partial charge on any atom is -0.385 e. The highest BCUT2D eigenvalue weighted by Crippen LogP contribution is 2.36. The van der Waals surface area contributed by atoms with Crippen molar-refractivity contribution < 1.29 is 18.3 Å². The van der Waals surface area contributed by atoms with Gasteiger partial charge in [0.1, 0.15) is 0 Å². The van der Waals surface area contributed by atoms with Crippen molar-refractivity contribution in [2.24, 2.45) is 0 Å². The minimum atomic E-state index is -4.36. The van der Waals surface area contributed by atoms with Crippen molar-refractivity contribution in [3.8, 4) is 0 Å². The smallest absolute Gasteiger partial charge is 0.385 e. The van der Waals surface area contributed by atoms with Gasteiger partial charge in [0.05, 0.1) is 11.2 Å². The fourth-order valence-corrected chi connectivity index (χ4v) is 2.26. The van der Waals surface area contributed by atoms with Gasteiger partial charge in [-0.2, -0.15) is 13.2 Å². The first kappa shape index (κ1) is 13.4. The van der Waals surface area contributed by atoms with Gasteiger partial charge < -0.3 is 10.0 Å². The fourth-order valence-electron chi connectivity index (χ4n) is 2.26. The lowest BCUT2D eigenvalue weighted by atomic mass is 9.84. The highest BCUT2D eigenvalue weighted by molar-refractivity contribution is 5.30. The van der Waals surface area contributed by atoms with E-state index < -0.39 is 17.3 Å². The van der Waals surface area contributed by atoms with E-state index >= 15 is 0 Å². The predicted octanol–water partition coefficient (Wildman–Crippen LogP) is 2.62. The first-order valence-electron chi connectivity index (χ1n) is 5.90. The van der Waals surface area contributed by atoms with Crippen molar-refractivity contribution in [2.75, 3.05) is 20.1 Å². The number of aliphatic hydroxyl groups is 1. The van der Waals surface area contributed by atoms with Crippen molar-refractivity contribution in [1.82, 2.24) is 4.90 Å². The lowest BCUT2D eigenvalue weighted by molar-refractivity contribution is -0.137. The van der Waals surface area contributed by atoms with Crippen LogP contribution in [0, 0.1) is 0 Å². The Morgan fingerprint density at radius 2 is 1.83 bits per heavy atom. The SMILES string of the molecule is CN1CCC(O)(c2cccc(C(F)(F)F)c2)CC1. The number of likely N-dealkylation sites (tertiary alicyclic amines) is 1. The number of alkyl halides is 3. The van der Waals surface area contributed by atoms with E-state index in [9.17, 15) is 18.3 Å². The van der Waals surface area contributed by atoms with Crippen LogP contribution in [0.5, 0.6) is 0 Å². The highest BCUT2D eigenvalue weighted by Gasteiger charge is 2.36. The summed E-state index contributed by atoms with van der Waals surface area (Å²) in [6.07, 6.45) is -3.44. The second kappa shape index (κ2) is 4.55. The Morgan fingerprint density at radius 3 is 2.39 bits per heavy atom. The molecule has 0 atom stereocenters. The Morgan fingerprint density at radius 1 is 1.22 bits per heavy atom. The van der Waals surface area contributed by atoms with Gasteiger partial charge in [0.2, 0.25) is 0 Å². The zero-order valence-corrected chi connectivity index (χ0v) is 10.2. The van der Waals surface area contributed by atoms with Gasteiger partial charge in [0.25, 0.3) is 0 Å². The van der Waals surface area contributed by atoms with Crippen LogP contribution in [0.25, 0.3) is 0 Å². The Balaban J connectivity index is 2.28. The van der Waals surface area contributed by atoms with Gasteiger partial charge in [-0.05, 0) is 37.6 Å². The van der Waals surface area contributed by atoms with Gasteiger partial charge in [-0.15, -0.1) is 0 Å². The summed E-state index contributed by atoms with van der Waals surface area (Å²) in [6.45, 7) is 1.37. The quantitative estimate of drug-likeness (QED) is 0.838. The topological polar surface area (TPSA) is 23.5 Å². The minimum absolute atomic E-state index is 0.366. The summed E-state index contributed by atoms with van der Waals surface area (Å²) in [6, 6.07) is 5.02. The molecule has 2 nitrogen and oxygen atoms in total. The zero-order valence-electron chi connectivity index (χ0n) is 10.2. The molecule has 0 spiro atoms. The molecule has 0 radical (unpaired) electrons. The van der Waals surface area contributed by atoms with E-state index in [1.165, 1.54) is 6.07 Å². The monoisotopic (exact) mass is 259 g/mol. The average molecular weight is 259 g/mol. The second-order valence-corrected chi connectivity index (χ2v) is 4.91. The number of halogens is 3. The van der Waals surface area contributed by atoms with Gasteiger partial charge in [-0.1, -0.05) is 12.1 Å². The van der Waals surface area contributed by atoms with Gasteiger partial charge in [0.15, 0.2) is 0 Å². The Bertz CT molecular complexity index is 422. The number of nitrogens with zero attached hydrogens (tertiary/aromatic N) is 1. The van der Waals surface area contributed by atoms with Gasteiger partial charge in [-0.3, -0.25) is 0 Å². The van der Waals surface area contributed by atoms with Crippen molar-refractivity contribution in [3.05, 3.63) is 35.4 Å². The molecule has 0 aliphatic carbocycles. The lowest BCUT2D eigenvalue weighted by Gasteiger charge is -2.37. The van der Waals surface area contributed by atoms with Crippen LogP contribution < -0.4 is 0 Å². The van der Waals surface area contributed by atoms with E-state index in [-0.39, 0.29) is 0 Å². The maximum Gasteiger partial charge on any atom is 0.416 e. The van der Waals surface area contributed by atoms with Crippen LogP contribution >= 0.6 is 0 Å². The van der Waals surface area contributed by atoms with Crippen molar-refractivity contribution in [1.29, 1.82) is 0 Å². The number of hydrogen-bond donors (Lipinski definition) is 1. The maximum atomic E-state index is 12.6. The molecule has 18 heavy (non-hydrogen) atoms. The highest BCUT2D eigenvalue weighted by atomic mass is 19.4. The summed E-state index contributed by atoms with van der Waals surface area (Å²) in [4.78, 5) is 2.06. The average Bonchev–Trinajstić information content (AvgIpc) is 2.32. The molecule has 5 heteroatoms. The third-order valence-electron chi connectivity index (χ3n) is 3.54. The first-order chi connectivity index (χ1) is 8.31. The molecule has 1 aliphatic heterocycles. The van der Waals surface area contributed by atoms with Crippen LogP contribution in [0.1, 0.15) is 24.0 Å². The van der Waals surface area contributed by atoms with Crippen LogP contribution in [0.2, 0.25) is 0 Å². The number of hydrogen-bond acceptors (Lipinski definition) is 2. The summed E-state index contributed by atoms with van der Waals surface area (Å²) in [5, 5.41) is 10.5. The molecule has 1 heterocycles. The van der Waals surface area contributed by atoms with E-state index in [1.807, 2.05) is 7.05 Å². The van der Waals surface area contributed by atoms with Gasteiger partial charge in [0, 0.05) is 13.1 Å². The molecule has 0 saturated carbocycles. The van der Waals surface area contributed by atoms with Crippen molar-refractivity contribution >= 4 is 0 Å². The third-order valence-corrected chi connectivity index (χ3v) is 3.54. The standard InChI is InChI=1S/C13H16F3NO/c1-17-7-5-12(18,6-8-17)10-3-2-4-11(9-10)13(14,15)16/h2-4,9,18H,5-8H2,1H3. The molecule has 0 amide bonds. The van der Waals surface area contributed by atoms with Crippen LogP contribution in [0.15, 0.2) is 24.3 Å². The molecular formula is C13H16F3NO. The Hall–Kier alpha value is -1.07. The molecule has 1 fully saturated rings. The molecule has 1 N–H and O–H groups in total. The van der Waals surface area contributed by atoms with E-state index in [4.69, 9.17) is 0 Å². The summed E-state index contributed by atoms with van der Waals surface area (Å²) < 4.78 is 37.9. The summed E-state index contributed by atoms with van der Waals surface area (Å²) in [5.41, 5.74) is -1.47. The normalized spacial score (nSPS) is 20.9. The molecule has 2 rings (SSSR count). The lowest BCUT2D eigenvalue weighted by Crippen LogP contribution is -2.40. The summed E-state index contributed by atoms with van der Waals surface area (Å²) in [7, 11) is 1.94. The molecule has 0 unspecified atom stereocenters. The van der Waals surface area contributed by atoms with E-state index in [2.05, 4.69) is 4.90 Å². The number of benzene rings is 1. The van der Waals surface area contributed by atoms with E-state index in [1.54, 1.807) is 6.07 Å². The van der Waals surface area contributed by atoms with Crippen molar-refractivity contribution in [3.63, 3.8) is 0 Å². The molecule has 0 aromatic heterocycles. The van der Waals surface area contributed by atoms with Crippen LogP contribution in [-0.4, -0.2) is 30.1 Å². The van der Waals surface area contributed by atoms with Gasteiger partial charge >= 0.3 is 6.18 Å². The summed E-state index contributed by atoms with van der Waals surface area (Å²) >= 11 is 0. The largest absolute Gasteiger partial charge is 0.416 e. The molecule has 1 aromatic rings.